The normalized spacial score (nSPS) is 12.4. The van der Waals surface area contributed by atoms with Gasteiger partial charge in [-0.15, -0.1) is 11.6 Å². The standard InChI is InChI=1S/C15H13ClF2/c1-2-10-3-5-11(6-4-10)15(16)13-9-12(17)7-8-14(13)18/h3-9,15H,2H2,1H3. The number of halogens is 3. The monoisotopic (exact) mass is 266 g/mol. The summed E-state index contributed by atoms with van der Waals surface area (Å²) in [5.41, 5.74) is 2.11. The minimum absolute atomic E-state index is 0.168. The zero-order chi connectivity index (χ0) is 13.1. The highest BCUT2D eigenvalue weighted by atomic mass is 35.5. The molecule has 0 N–H and O–H groups in total. The van der Waals surface area contributed by atoms with Crippen molar-refractivity contribution in [1.29, 1.82) is 0 Å². The van der Waals surface area contributed by atoms with E-state index in [9.17, 15) is 8.78 Å². The molecule has 0 heterocycles. The highest BCUT2D eigenvalue weighted by Crippen LogP contribution is 2.31. The molecule has 18 heavy (non-hydrogen) atoms. The van der Waals surface area contributed by atoms with E-state index in [1.165, 1.54) is 5.56 Å². The van der Waals surface area contributed by atoms with Crippen molar-refractivity contribution in [2.45, 2.75) is 18.7 Å². The second-order valence-corrected chi connectivity index (χ2v) is 4.56. The Morgan fingerprint density at radius 3 is 2.33 bits per heavy atom. The number of alkyl halides is 1. The summed E-state index contributed by atoms with van der Waals surface area (Å²) in [6, 6.07) is 10.9. The fourth-order valence-corrected chi connectivity index (χ4v) is 2.12. The SMILES string of the molecule is CCc1ccc(C(Cl)c2cc(F)ccc2F)cc1. The molecule has 2 aromatic carbocycles. The summed E-state index contributed by atoms with van der Waals surface area (Å²) in [5, 5.41) is -0.674. The molecule has 1 atom stereocenters. The van der Waals surface area contributed by atoms with Crippen LogP contribution in [0, 0.1) is 11.6 Å². The largest absolute Gasteiger partial charge is 0.207 e. The fourth-order valence-electron chi connectivity index (χ4n) is 1.81. The highest BCUT2D eigenvalue weighted by Gasteiger charge is 2.15. The Labute approximate surface area is 110 Å². The van der Waals surface area contributed by atoms with Crippen molar-refractivity contribution in [3.05, 3.63) is 70.8 Å². The van der Waals surface area contributed by atoms with Gasteiger partial charge in [-0.05, 0) is 35.7 Å². The topological polar surface area (TPSA) is 0 Å². The molecule has 0 saturated carbocycles. The summed E-state index contributed by atoms with van der Waals surface area (Å²) >= 11 is 6.20. The summed E-state index contributed by atoms with van der Waals surface area (Å²) in [4.78, 5) is 0. The third kappa shape index (κ3) is 2.70. The van der Waals surface area contributed by atoms with Crippen LogP contribution in [-0.4, -0.2) is 0 Å². The van der Waals surface area contributed by atoms with Gasteiger partial charge in [0.25, 0.3) is 0 Å². The van der Waals surface area contributed by atoms with Gasteiger partial charge in [0.2, 0.25) is 0 Å². The molecule has 94 valence electrons. The van der Waals surface area contributed by atoms with Crippen LogP contribution < -0.4 is 0 Å². The first-order chi connectivity index (χ1) is 8.61. The molecule has 0 nitrogen and oxygen atoms in total. The van der Waals surface area contributed by atoms with Gasteiger partial charge >= 0.3 is 0 Å². The Morgan fingerprint density at radius 1 is 1.06 bits per heavy atom. The van der Waals surface area contributed by atoms with Gasteiger partial charge in [-0.25, -0.2) is 8.78 Å². The van der Waals surface area contributed by atoms with E-state index in [0.717, 1.165) is 30.2 Å². The minimum Gasteiger partial charge on any atom is -0.207 e. The molecule has 0 aliphatic carbocycles. The molecule has 0 radical (unpaired) electrons. The van der Waals surface area contributed by atoms with E-state index in [1.54, 1.807) is 0 Å². The van der Waals surface area contributed by atoms with Crippen molar-refractivity contribution < 1.29 is 8.78 Å². The van der Waals surface area contributed by atoms with Gasteiger partial charge in [-0.3, -0.25) is 0 Å². The zero-order valence-corrected chi connectivity index (χ0v) is 10.7. The van der Waals surface area contributed by atoms with Gasteiger partial charge in [-0.1, -0.05) is 31.2 Å². The smallest absolute Gasteiger partial charge is 0.128 e. The van der Waals surface area contributed by atoms with Crippen molar-refractivity contribution in [1.82, 2.24) is 0 Å². The number of rotatable bonds is 3. The van der Waals surface area contributed by atoms with E-state index in [-0.39, 0.29) is 5.56 Å². The van der Waals surface area contributed by atoms with Crippen LogP contribution in [0.1, 0.15) is 29.0 Å². The summed E-state index contributed by atoms with van der Waals surface area (Å²) in [6.45, 7) is 2.05. The predicted octanol–water partition coefficient (Wildman–Crippen LogP) is 4.86. The maximum Gasteiger partial charge on any atom is 0.128 e. The minimum atomic E-state index is -0.674. The van der Waals surface area contributed by atoms with Crippen molar-refractivity contribution in [3.8, 4) is 0 Å². The van der Waals surface area contributed by atoms with Crippen molar-refractivity contribution >= 4 is 11.6 Å². The molecule has 0 bridgehead atoms. The van der Waals surface area contributed by atoms with E-state index in [2.05, 4.69) is 6.92 Å². The Hall–Kier alpha value is -1.41. The molecule has 3 heteroatoms. The second kappa shape index (κ2) is 5.49. The quantitative estimate of drug-likeness (QED) is 0.696. The van der Waals surface area contributed by atoms with Crippen LogP contribution in [0.4, 0.5) is 8.78 Å². The first-order valence-corrected chi connectivity index (χ1v) is 6.23. The average molecular weight is 267 g/mol. The lowest BCUT2D eigenvalue weighted by molar-refractivity contribution is 0.587. The van der Waals surface area contributed by atoms with Crippen LogP contribution in [0.25, 0.3) is 0 Å². The third-order valence-corrected chi connectivity index (χ3v) is 3.40. The lowest BCUT2D eigenvalue weighted by atomic mass is 10.0. The number of aryl methyl sites for hydroxylation is 1. The second-order valence-electron chi connectivity index (χ2n) is 4.12. The van der Waals surface area contributed by atoms with E-state index in [4.69, 9.17) is 11.6 Å². The summed E-state index contributed by atoms with van der Waals surface area (Å²) in [7, 11) is 0. The molecule has 0 aromatic heterocycles. The maximum absolute atomic E-state index is 13.6. The van der Waals surface area contributed by atoms with E-state index < -0.39 is 17.0 Å². The van der Waals surface area contributed by atoms with Crippen LogP contribution >= 0.6 is 11.6 Å². The van der Waals surface area contributed by atoms with Gasteiger partial charge in [0, 0.05) is 5.56 Å². The molecule has 2 rings (SSSR count). The Morgan fingerprint density at radius 2 is 1.72 bits per heavy atom. The van der Waals surface area contributed by atoms with E-state index in [1.807, 2.05) is 24.3 Å². The van der Waals surface area contributed by atoms with Crippen LogP contribution in [0.15, 0.2) is 42.5 Å². The third-order valence-electron chi connectivity index (χ3n) is 2.91. The Balaban J connectivity index is 2.34. The lowest BCUT2D eigenvalue weighted by Gasteiger charge is -2.12. The predicted molar refractivity (Wildman–Crippen MR) is 69.9 cm³/mol. The molecule has 0 saturated heterocycles. The van der Waals surface area contributed by atoms with Crippen molar-refractivity contribution in [2.24, 2.45) is 0 Å². The molecule has 0 spiro atoms. The van der Waals surface area contributed by atoms with Gasteiger partial charge in [0.1, 0.15) is 11.6 Å². The molecule has 0 aliphatic heterocycles. The summed E-state index contributed by atoms with van der Waals surface area (Å²) in [6.07, 6.45) is 0.932. The fraction of sp³-hybridized carbons (Fsp3) is 0.200. The molecule has 0 fully saturated rings. The molecule has 0 amide bonds. The van der Waals surface area contributed by atoms with Gasteiger partial charge in [0.15, 0.2) is 0 Å². The highest BCUT2D eigenvalue weighted by molar-refractivity contribution is 6.22. The molecular formula is C15H13ClF2. The summed E-state index contributed by atoms with van der Waals surface area (Å²) in [5.74, 6) is -0.974. The molecule has 1 unspecified atom stereocenters. The van der Waals surface area contributed by atoms with Crippen molar-refractivity contribution in [3.63, 3.8) is 0 Å². The number of hydrogen-bond donors (Lipinski definition) is 0. The van der Waals surface area contributed by atoms with Crippen LogP contribution in [0.2, 0.25) is 0 Å². The number of benzene rings is 2. The zero-order valence-electron chi connectivity index (χ0n) is 9.96. The first kappa shape index (κ1) is 13.0. The maximum atomic E-state index is 13.6. The Kier molecular flexibility index (Phi) is 3.97. The average Bonchev–Trinajstić information content (AvgIpc) is 2.41. The Bertz CT molecular complexity index is 535. The van der Waals surface area contributed by atoms with Gasteiger partial charge < -0.3 is 0 Å². The van der Waals surface area contributed by atoms with E-state index in [0.29, 0.717) is 0 Å². The van der Waals surface area contributed by atoms with Crippen molar-refractivity contribution in [2.75, 3.05) is 0 Å². The van der Waals surface area contributed by atoms with Crippen LogP contribution in [0.3, 0.4) is 0 Å². The van der Waals surface area contributed by atoms with Crippen LogP contribution in [0.5, 0.6) is 0 Å². The van der Waals surface area contributed by atoms with Gasteiger partial charge in [-0.2, -0.15) is 0 Å². The van der Waals surface area contributed by atoms with Gasteiger partial charge in [0.05, 0.1) is 5.38 Å². The lowest BCUT2D eigenvalue weighted by Crippen LogP contribution is -1.98. The summed E-state index contributed by atoms with van der Waals surface area (Å²) < 4.78 is 26.7. The van der Waals surface area contributed by atoms with Crippen LogP contribution in [-0.2, 0) is 6.42 Å². The first-order valence-electron chi connectivity index (χ1n) is 5.79. The molecular weight excluding hydrogens is 254 g/mol. The van der Waals surface area contributed by atoms with E-state index >= 15 is 0 Å². The number of hydrogen-bond acceptors (Lipinski definition) is 0. The molecule has 0 aliphatic rings. The molecule has 2 aromatic rings.